The van der Waals surface area contributed by atoms with Crippen LogP contribution in [0.2, 0.25) is 0 Å². The van der Waals surface area contributed by atoms with Crippen molar-refractivity contribution in [3.05, 3.63) is 115 Å². The van der Waals surface area contributed by atoms with E-state index in [-0.39, 0.29) is 64.5 Å². The van der Waals surface area contributed by atoms with Crippen LogP contribution in [0.3, 0.4) is 0 Å². The minimum absolute atomic E-state index is 0.225. The lowest BCUT2D eigenvalue weighted by Gasteiger charge is -2.29. The number of aromatic hydroxyl groups is 2. The van der Waals surface area contributed by atoms with Crippen LogP contribution in [0, 0.1) is 0 Å². The van der Waals surface area contributed by atoms with Crippen LogP contribution in [0.5, 0.6) is 23.0 Å². The highest BCUT2D eigenvalue weighted by molar-refractivity contribution is 5.69. The van der Waals surface area contributed by atoms with Crippen LogP contribution >= 0.6 is 0 Å². The smallest absolute Gasteiger partial charge is 0.305 e. The molecule has 8 heteroatoms. The van der Waals surface area contributed by atoms with Crippen LogP contribution in [-0.4, -0.2) is 48.6 Å². The number of phenolic OH excluding ortho intramolecular Hbond substituents is 2. The molecule has 0 saturated carbocycles. The van der Waals surface area contributed by atoms with E-state index < -0.39 is 0 Å². The molecular weight excluding hydrogens is 801 g/mol. The first kappa shape index (κ1) is 50.0. The van der Waals surface area contributed by atoms with Crippen LogP contribution in [0.15, 0.2) is 48.5 Å². The zero-order chi connectivity index (χ0) is 47.4. The van der Waals surface area contributed by atoms with Crippen LogP contribution in [0.4, 0.5) is 0 Å². The van der Waals surface area contributed by atoms with Crippen LogP contribution in [-0.2, 0) is 66.4 Å². The number of benzene rings is 4. The molecule has 0 unspecified atom stereocenters. The Bertz CT molecular complexity index is 2310. The SMILES string of the molecule is CCOC(=O)CCCOc1c2cc(C(C)(C)C)cc1Cc1cc(C(C)(C)C)cc(c1O)Cc1c(C(C)(C)C)ccc(c1OCCCC(=O)OCC)Cc1cc(C(C)(C)C)cc(c1O)C2. The Morgan fingerprint density at radius 3 is 1.22 bits per heavy atom. The summed E-state index contributed by atoms with van der Waals surface area (Å²) < 4.78 is 24.1. The van der Waals surface area contributed by atoms with E-state index >= 15 is 0 Å². The predicted molar refractivity (Wildman–Crippen MR) is 258 cm³/mol. The molecule has 4 aromatic rings. The molecule has 0 heterocycles. The predicted octanol–water partition coefficient (Wildman–Crippen LogP) is 12.4. The largest absolute Gasteiger partial charge is 0.507 e. The van der Waals surface area contributed by atoms with E-state index in [1.807, 2.05) is 6.92 Å². The maximum absolute atomic E-state index is 12.6. The molecule has 64 heavy (non-hydrogen) atoms. The maximum Gasteiger partial charge on any atom is 0.305 e. The molecule has 0 radical (unpaired) electrons. The summed E-state index contributed by atoms with van der Waals surface area (Å²) in [4.78, 5) is 24.8. The average molecular weight is 877 g/mol. The van der Waals surface area contributed by atoms with Crippen molar-refractivity contribution in [2.45, 2.75) is 170 Å². The standard InChI is InChI=1S/C56H76O8/c1-15-61-47(57)19-17-23-63-51-40-26-37-29-42(53(3,4)5)28-36(49(37)59)25-35-21-22-46(56(12,13)14)45(52(35)64-24-18-20-48(58)62-16-2)34-39-31-43(54(6,7)8)30-38(50(39)60)27-41(51)33-44(32-40)55(9,10)11/h21-22,28-33,59-60H,15-20,23-27,34H2,1-14H3. The third-order valence-corrected chi connectivity index (χ3v) is 12.2. The molecule has 2 N–H and O–H groups in total. The van der Waals surface area contributed by atoms with E-state index in [1.54, 1.807) is 6.92 Å². The molecular formula is C56H76O8. The number of rotatable bonds is 12. The Hall–Kier alpha value is -4.98. The van der Waals surface area contributed by atoms with Gasteiger partial charge in [0.15, 0.2) is 0 Å². The van der Waals surface area contributed by atoms with E-state index in [4.69, 9.17) is 18.9 Å². The lowest BCUT2D eigenvalue weighted by atomic mass is 9.78. The minimum atomic E-state index is -0.289. The Balaban J connectivity index is 1.86. The van der Waals surface area contributed by atoms with Gasteiger partial charge in [0, 0.05) is 44.1 Å². The fraction of sp³-hybridized carbons (Fsp3) is 0.536. The second-order valence-electron chi connectivity index (χ2n) is 21.7. The van der Waals surface area contributed by atoms with Gasteiger partial charge in [-0.05, 0) is 110 Å². The number of carbonyl (C=O) groups is 2. The van der Waals surface area contributed by atoms with E-state index in [1.165, 1.54) is 0 Å². The van der Waals surface area contributed by atoms with Crippen molar-refractivity contribution in [3.63, 3.8) is 0 Å². The van der Waals surface area contributed by atoms with Gasteiger partial charge in [-0.3, -0.25) is 9.59 Å². The van der Waals surface area contributed by atoms with Crippen molar-refractivity contribution in [1.29, 1.82) is 0 Å². The summed E-state index contributed by atoms with van der Waals surface area (Å²) in [5, 5.41) is 25.1. The molecule has 0 saturated heterocycles. The number of phenols is 2. The van der Waals surface area contributed by atoms with Crippen LogP contribution in [0.25, 0.3) is 0 Å². The lowest BCUT2D eigenvalue weighted by Crippen LogP contribution is -2.18. The molecule has 4 aromatic carbocycles. The van der Waals surface area contributed by atoms with Crippen LogP contribution < -0.4 is 9.47 Å². The first-order chi connectivity index (χ1) is 29.8. The second-order valence-corrected chi connectivity index (χ2v) is 21.7. The fourth-order valence-corrected chi connectivity index (χ4v) is 8.49. The van der Waals surface area contributed by atoms with Crippen molar-refractivity contribution >= 4 is 11.9 Å². The van der Waals surface area contributed by atoms with Crippen molar-refractivity contribution < 1.29 is 38.7 Å². The fourth-order valence-electron chi connectivity index (χ4n) is 8.49. The summed E-state index contributed by atoms with van der Waals surface area (Å²) in [5.41, 5.74) is 10.3. The third-order valence-electron chi connectivity index (χ3n) is 12.2. The average Bonchev–Trinajstić information content (AvgIpc) is 3.17. The molecule has 0 fully saturated rings. The summed E-state index contributed by atoms with van der Waals surface area (Å²) in [6.45, 7) is 31.2. The molecule has 0 aliphatic heterocycles. The molecule has 1 aliphatic rings. The zero-order valence-corrected chi connectivity index (χ0v) is 41.4. The van der Waals surface area contributed by atoms with Gasteiger partial charge >= 0.3 is 11.9 Å². The highest BCUT2D eigenvalue weighted by Gasteiger charge is 2.30. The number of hydrogen-bond acceptors (Lipinski definition) is 8. The number of hydrogen-bond donors (Lipinski definition) is 2. The molecule has 8 bridgehead atoms. The Morgan fingerprint density at radius 1 is 0.484 bits per heavy atom. The summed E-state index contributed by atoms with van der Waals surface area (Å²) in [5.74, 6) is 1.36. The number of ether oxygens (including phenoxy) is 4. The third kappa shape index (κ3) is 12.4. The molecule has 0 spiro atoms. The van der Waals surface area contributed by atoms with Gasteiger partial charge in [0.2, 0.25) is 0 Å². The number of carbonyl (C=O) groups excluding carboxylic acids is 2. The molecule has 8 nitrogen and oxygen atoms in total. The Kier molecular flexibility index (Phi) is 15.7. The summed E-state index contributed by atoms with van der Waals surface area (Å²) in [6.07, 6.45) is 2.97. The van der Waals surface area contributed by atoms with Crippen molar-refractivity contribution in [1.82, 2.24) is 0 Å². The van der Waals surface area contributed by atoms with Gasteiger partial charge in [-0.25, -0.2) is 0 Å². The van der Waals surface area contributed by atoms with Gasteiger partial charge in [-0.2, -0.15) is 0 Å². The molecule has 5 rings (SSSR count). The van der Waals surface area contributed by atoms with Gasteiger partial charge in [0.1, 0.15) is 23.0 Å². The summed E-state index contributed by atoms with van der Waals surface area (Å²) >= 11 is 0. The Labute approximate surface area is 384 Å². The van der Waals surface area contributed by atoms with Gasteiger partial charge < -0.3 is 29.2 Å². The van der Waals surface area contributed by atoms with Gasteiger partial charge in [0.05, 0.1) is 26.4 Å². The van der Waals surface area contributed by atoms with Gasteiger partial charge in [-0.15, -0.1) is 0 Å². The van der Waals surface area contributed by atoms with Crippen LogP contribution in [0.1, 0.15) is 189 Å². The van der Waals surface area contributed by atoms with E-state index in [0.717, 1.165) is 66.8 Å². The second kappa shape index (κ2) is 20.0. The molecule has 0 atom stereocenters. The normalized spacial score (nSPS) is 13.3. The van der Waals surface area contributed by atoms with Crippen molar-refractivity contribution in [3.8, 4) is 23.0 Å². The van der Waals surface area contributed by atoms with Crippen molar-refractivity contribution in [2.75, 3.05) is 26.4 Å². The number of esters is 2. The number of fused-ring (bicyclic) bond motifs is 8. The van der Waals surface area contributed by atoms with Gasteiger partial charge in [-0.1, -0.05) is 132 Å². The Morgan fingerprint density at radius 2 is 0.844 bits per heavy atom. The lowest BCUT2D eigenvalue weighted by molar-refractivity contribution is -0.144. The topological polar surface area (TPSA) is 112 Å². The quantitative estimate of drug-likeness (QED) is 0.0941. The van der Waals surface area contributed by atoms with Gasteiger partial charge in [0.25, 0.3) is 0 Å². The minimum Gasteiger partial charge on any atom is -0.507 e. The highest BCUT2D eigenvalue weighted by atomic mass is 16.5. The molecule has 0 aromatic heterocycles. The van der Waals surface area contributed by atoms with E-state index in [9.17, 15) is 19.8 Å². The summed E-state index contributed by atoms with van der Waals surface area (Å²) in [6, 6.07) is 17.2. The zero-order valence-electron chi connectivity index (χ0n) is 41.4. The van der Waals surface area contributed by atoms with E-state index in [0.29, 0.717) is 69.8 Å². The first-order valence-corrected chi connectivity index (χ1v) is 23.4. The van der Waals surface area contributed by atoms with E-state index in [2.05, 4.69) is 132 Å². The monoisotopic (exact) mass is 877 g/mol. The molecule has 348 valence electrons. The summed E-state index contributed by atoms with van der Waals surface area (Å²) in [7, 11) is 0. The highest BCUT2D eigenvalue weighted by Crippen LogP contribution is 2.44. The molecule has 1 aliphatic carbocycles. The first-order valence-electron chi connectivity index (χ1n) is 23.4. The maximum atomic E-state index is 12.6. The molecule has 0 amide bonds. The van der Waals surface area contributed by atoms with Crippen molar-refractivity contribution in [2.24, 2.45) is 0 Å².